The summed E-state index contributed by atoms with van der Waals surface area (Å²) < 4.78 is 5.14. The summed E-state index contributed by atoms with van der Waals surface area (Å²) in [5, 5.41) is 4.50. The average Bonchev–Trinajstić information content (AvgIpc) is 3.02. The molecule has 1 saturated carbocycles. The predicted octanol–water partition coefficient (Wildman–Crippen LogP) is 3.96. The highest BCUT2D eigenvalue weighted by Gasteiger charge is 2.16. The van der Waals surface area contributed by atoms with Crippen LogP contribution in [0.5, 0.6) is 0 Å². The van der Waals surface area contributed by atoms with Gasteiger partial charge in [0, 0.05) is 21.8 Å². The normalized spacial score (nSPS) is 16.2. The SMILES string of the molecule is Nc1cc(-c2ccc(SC3CCCC3)cc2)on1. The van der Waals surface area contributed by atoms with Crippen molar-refractivity contribution in [2.24, 2.45) is 0 Å². The van der Waals surface area contributed by atoms with Crippen LogP contribution in [0.3, 0.4) is 0 Å². The molecule has 0 atom stereocenters. The van der Waals surface area contributed by atoms with Crippen molar-refractivity contribution < 1.29 is 4.52 Å². The molecule has 2 aromatic rings. The Balaban J connectivity index is 1.72. The van der Waals surface area contributed by atoms with Crippen LogP contribution in [0.4, 0.5) is 5.82 Å². The molecule has 3 nitrogen and oxygen atoms in total. The van der Waals surface area contributed by atoms with Crippen LogP contribution in [0.25, 0.3) is 11.3 Å². The van der Waals surface area contributed by atoms with E-state index in [-0.39, 0.29) is 0 Å². The van der Waals surface area contributed by atoms with Gasteiger partial charge < -0.3 is 10.3 Å². The Hall–Kier alpha value is -1.42. The number of nitrogens with zero attached hydrogens (tertiary/aromatic N) is 1. The number of nitrogen functional groups attached to an aromatic ring is 1. The van der Waals surface area contributed by atoms with E-state index in [1.165, 1.54) is 30.6 Å². The van der Waals surface area contributed by atoms with E-state index in [2.05, 4.69) is 29.4 Å². The van der Waals surface area contributed by atoms with E-state index in [4.69, 9.17) is 10.3 Å². The number of thioether (sulfide) groups is 1. The van der Waals surface area contributed by atoms with E-state index in [0.717, 1.165) is 16.6 Å². The van der Waals surface area contributed by atoms with E-state index in [1.54, 1.807) is 6.07 Å². The summed E-state index contributed by atoms with van der Waals surface area (Å²) in [4.78, 5) is 1.33. The highest BCUT2D eigenvalue weighted by atomic mass is 32.2. The summed E-state index contributed by atoms with van der Waals surface area (Å²) >= 11 is 1.99. The first-order valence-corrected chi connectivity index (χ1v) is 7.18. The average molecular weight is 260 g/mol. The van der Waals surface area contributed by atoms with E-state index in [9.17, 15) is 0 Å². The zero-order valence-electron chi connectivity index (χ0n) is 10.1. The summed E-state index contributed by atoms with van der Waals surface area (Å²) in [5.74, 6) is 1.15. The van der Waals surface area contributed by atoms with Gasteiger partial charge in [-0.3, -0.25) is 0 Å². The van der Waals surface area contributed by atoms with Gasteiger partial charge in [0.05, 0.1) is 0 Å². The second-order valence-corrected chi connectivity index (χ2v) is 6.04. The van der Waals surface area contributed by atoms with Gasteiger partial charge in [-0.1, -0.05) is 30.1 Å². The Kier molecular flexibility index (Phi) is 3.28. The van der Waals surface area contributed by atoms with E-state index in [0.29, 0.717) is 5.82 Å². The molecule has 1 aromatic heterocycles. The summed E-state index contributed by atoms with van der Waals surface area (Å²) in [7, 11) is 0. The fourth-order valence-electron chi connectivity index (χ4n) is 2.32. The van der Waals surface area contributed by atoms with Gasteiger partial charge in [0.25, 0.3) is 0 Å². The van der Waals surface area contributed by atoms with Crippen molar-refractivity contribution >= 4 is 17.6 Å². The third-order valence-corrected chi connectivity index (χ3v) is 4.62. The van der Waals surface area contributed by atoms with Gasteiger partial charge in [0.2, 0.25) is 0 Å². The maximum atomic E-state index is 5.55. The van der Waals surface area contributed by atoms with Crippen LogP contribution in [0.1, 0.15) is 25.7 Å². The first-order valence-electron chi connectivity index (χ1n) is 6.30. The molecule has 1 aliphatic rings. The monoisotopic (exact) mass is 260 g/mol. The largest absolute Gasteiger partial charge is 0.381 e. The van der Waals surface area contributed by atoms with Crippen LogP contribution in [0, 0.1) is 0 Å². The molecule has 2 N–H and O–H groups in total. The maximum absolute atomic E-state index is 5.55. The van der Waals surface area contributed by atoms with Gasteiger partial charge >= 0.3 is 0 Å². The summed E-state index contributed by atoms with van der Waals surface area (Å²) in [6, 6.07) is 10.2. The molecule has 1 heterocycles. The third kappa shape index (κ3) is 2.53. The van der Waals surface area contributed by atoms with Gasteiger partial charge in [-0.25, -0.2) is 0 Å². The molecule has 0 amide bonds. The van der Waals surface area contributed by atoms with Gasteiger partial charge in [-0.05, 0) is 25.0 Å². The molecule has 0 spiro atoms. The Labute approximate surface area is 111 Å². The standard InChI is InChI=1S/C14H16N2OS/c15-14-9-13(17-16-14)10-5-7-12(8-6-10)18-11-3-1-2-4-11/h5-9,11H,1-4H2,(H2,15,16). The van der Waals surface area contributed by atoms with E-state index in [1.807, 2.05) is 11.8 Å². The van der Waals surface area contributed by atoms with Crippen LogP contribution < -0.4 is 5.73 Å². The lowest BCUT2D eigenvalue weighted by molar-refractivity contribution is 0.436. The first-order chi connectivity index (χ1) is 8.81. The minimum Gasteiger partial charge on any atom is -0.381 e. The fraction of sp³-hybridized carbons (Fsp3) is 0.357. The number of anilines is 1. The Bertz CT molecular complexity index is 515. The van der Waals surface area contributed by atoms with Crippen molar-refractivity contribution in [3.05, 3.63) is 30.3 Å². The van der Waals surface area contributed by atoms with Crippen LogP contribution in [0.2, 0.25) is 0 Å². The van der Waals surface area contributed by atoms with Crippen LogP contribution in [-0.4, -0.2) is 10.4 Å². The van der Waals surface area contributed by atoms with Crippen molar-refractivity contribution in [3.8, 4) is 11.3 Å². The minimum absolute atomic E-state index is 0.425. The predicted molar refractivity (Wildman–Crippen MR) is 74.5 cm³/mol. The topological polar surface area (TPSA) is 52.0 Å². The second kappa shape index (κ2) is 5.06. The number of hydrogen-bond acceptors (Lipinski definition) is 4. The molecular formula is C14H16N2OS. The van der Waals surface area contributed by atoms with Crippen molar-refractivity contribution in [1.29, 1.82) is 0 Å². The molecule has 1 aliphatic carbocycles. The summed E-state index contributed by atoms with van der Waals surface area (Å²) in [5.41, 5.74) is 6.57. The number of benzene rings is 1. The third-order valence-electron chi connectivity index (χ3n) is 3.27. The molecule has 18 heavy (non-hydrogen) atoms. The lowest BCUT2D eigenvalue weighted by Crippen LogP contribution is -1.92. The molecule has 0 radical (unpaired) electrons. The number of aromatic nitrogens is 1. The first kappa shape index (κ1) is 11.7. The highest BCUT2D eigenvalue weighted by molar-refractivity contribution is 8.00. The highest BCUT2D eigenvalue weighted by Crippen LogP contribution is 2.35. The van der Waals surface area contributed by atoms with E-state index >= 15 is 0 Å². The van der Waals surface area contributed by atoms with Gasteiger partial charge in [-0.2, -0.15) is 0 Å². The Morgan fingerprint density at radius 3 is 2.50 bits per heavy atom. The molecule has 0 aliphatic heterocycles. The van der Waals surface area contributed by atoms with Crippen LogP contribution in [-0.2, 0) is 0 Å². The van der Waals surface area contributed by atoms with Crippen molar-refractivity contribution in [1.82, 2.24) is 5.16 Å². The van der Waals surface area contributed by atoms with Gasteiger partial charge in [-0.15, -0.1) is 11.8 Å². The van der Waals surface area contributed by atoms with Crippen molar-refractivity contribution in [3.63, 3.8) is 0 Å². The Morgan fingerprint density at radius 2 is 1.89 bits per heavy atom. The molecule has 0 bridgehead atoms. The molecule has 0 saturated heterocycles. The molecular weight excluding hydrogens is 244 g/mol. The zero-order valence-corrected chi connectivity index (χ0v) is 11.0. The molecule has 94 valence electrons. The maximum Gasteiger partial charge on any atom is 0.169 e. The number of nitrogens with two attached hydrogens (primary N) is 1. The number of rotatable bonds is 3. The molecule has 1 aromatic carbocycles. The molecule has 0 unspecified atom stereocenters. The molecule has 1 fully saturated rings. The molecule has 3 rings (SSSR count). The quantitative estimate of drug-likeness (QED) is 0.907. The van der Waals surface area contributed by atoms with Gasteiger partial charge in [0.1, 0.15) is 0 Å². The molecule has 4 heteroatoms. The van der Waals surface area contributed by atoms with Crippen molar-refractivity contribution in [2.45, 2.75) is 35.8 Å². The van der Waals surface area contributed by atoms with Crippen LogP contribution >= 0.6 is 11.8 Å². The van der Waals surface area contributed by atoms with Gasteiger partial charge in [0.15, 0.2) is 11.6 Å². The lowest BCUT2D eigenvalue weighted by atomic mass is 10.2. The Morgan fingerprint density at radius 1 is 1.17 bits per heavy atom. The summed E-state index contributed by atoms with van der Waals surface area (Å²) in [6.07, 6.45) is 5.47. The summed E-state index contributed by atoms with van der Waals surface area (Å²) in [6.45, 7) is 0. The van der Waals surface area contributed by atoms with E-state index < -0.39 is 0 Å². The van der Waals surface area contributed by atoms with Crippen LogP contribution in [0.15, 0.2) is 39.8 Å². The smallest absolute Gasteiger partial charge is 0.169 e. The fourth-order valence-corrected chi connectivity index (χ4v) is 3.57. The van der Waals surface area contributed by atoms with Crippen molar-refractivity contribution in [2.75, 3.05) is 5.73 Å². The second-order valence-electron chi connectivity index (χ2n) is 4.66. The lowest BCUT2D eigenvalue weighted by Gasteiger charge is -2.08. The number of hydrogen-bond donors (Lipinski definition) is 1. The minimum atomic E-state index is 0.425. The zero-order chi connectivity index (χ0) is 12.4.